The average Bonchev–Trinajstić information content (AvgIpc) is 2.52. The van der Waals surface area contributed by atoms with Crippen molar-refractivity contribution in [2.75, 3.05) is 0 Å². The summed E-state index contributed by atoms with van der Waals surface area (Å²) in [4.78, 5) is 4.50. The molecule has 2 unspecified atom stereocenters. The highest BCUT2D eigenvalue weighted by atomic mass is 32.1. The molecule has 1 aliphatic carbocycles. The molecule has 0 saturated heterocycles. The number of nitrogens with two attached hydrogens (primary N) is 1. The average molecular weight is 210 g/mol. The van der Waals surface area contributed by atoms with Crippen LogP contribution in [0.2, 0.25) is 0 Å². The number of thiazole rings is 1. The molecule has 1 aromatic heterocycles. The molecule has 2 atom stereocenters. The Labute approximate surface area is 89.5 Å². The molecule has 1 fully saturated rings. The topological polar surface area (TPSA) is 38.9 Å². The molecule has 3 heteroatoms. The van der Waals surface area contributed by atoms with Gasteiger partial charge in [-0.15, -0.1) is 11.3 Å². The normalized spacial score (nSPS) is 28.5. The fourth-order valence-corrected chi connectivity index (χ4v) is 3.17. The molecule has 78 valence electrons. The van der Waals surface area contributed by atoms with Crippen LogP contribution >= 0.6 is 11.3 Å². The minimum atomic E-state index is -0.234. The first-order valence-electron chi connectivity index (χ1n) is 5.05. The van der Waals surface area contributed by atoms with Crippen molar-refractivity contribution >= 4 is 11.3 Å². The third kappa shape index (κ3) is 1.48. The van der Waals surface area contributed by atoms with Gasteiger partial charge in [-0.25, -0.2) is 4.98 Å². The zero-order valence-corrected chi connectivity index (χ0v) is 10.1. The van der Waals surface area contributed by atoms with Crippen molar-refractivity contribution < 1.29 is 0 Å². The molecule has 2 rings (SSSR count). The van der Waals surface area contributed by atoms with Crippen LogP contribution in [0.4, 0.5) is 0 Å². The summed E-state index contributed by atoms with van der Waals surface area (Å²) in [6.45, 7) is 8.70. The van der Waals surface area contributed by atoms with Gasteiger partial charge in [0.05, 0.1) is 5.54 Å². The largest absolute Gasteiger partial charge is 0.319 e. The van der Waals surface area contributed by atoms with E-state index in [2.05, 4.69) is 31.1 Å². The van der Waals surface area contributed by atoms with Crippen LogP contribution in [0.3, 0.4) is 0 Å². The highest BCUT2D eigenvalue weighted by Crippen LogP contribution is 2.59. The Morgan fingerprint density at radius 3 is 2.57 bits per heavy atom. The van der Waals surface area contributed by atoms with E-state index in [9.17, 15) is 0 Å². The van der Waals surface area contributed by atoms with Gasteiger partial charge in [0.2, 0.25) is 0 Å². The van der Waals surface area contributed by atoms with Gasteiger partial charge in [-0.1, -0.05) is 13.8 Å². The summed E-state index contributed by atoms with van der Waals surface area (Å²) in [6.07, 6.45) is 1.22. The highest BCUT2D eigenvalue weighted by Gasteiger charge is 2.55. The number of rotatable bonds is 2. The van der Waals surface area contributed by atoms with E-state index in [-0.39, 0.29) is 5.54 Å². The summed E-state index contributed by atoms with van der Waals surface area (Å²) >= 11 is 1.69. The van der Waals surface area contributed by atoms with Gasteiger partial charge < -0.3 is 5.73 Å². The lowest BCUT2D eigenvalue weighted by atomic mass is 9.92. The lowest BCUT2D eigenvalue weighted by Gasteiger charge is -2.23. The molecular formula is C11H18N2S. The van der Waals surface area contributed by atoms with E-state index in [0.29, 0.717) is 11.3 Å². The van der Waals surface area contributed by atoms with E-state index >= 15 is 0 Å². The van der Waals surface area contributed by atoms with E-state index in [1.165, 1.54) is 6.42 Å². The molecular weight excluding hydrogens is 192 g/mol. The van der Waals surface area contributed by atoms with Gasteiger partial charge in [-0.3, -0.25) is 0 Å². The zero-order chi connectivity index (χ0) is 10.6. The standard InChI is InChI=1S/C11H18N2S/c1-7-6-14-9(13-7)11(4,12)8-5-10(8,2)3/h6,8H,5,12H2,1-4H3. The number of aromatic nitrogens is 1. The molecule has 2 N–H and O–H groups in total. The number of hydrogen-bond acceptors (Lipinski definition) is 3. The van der Waals surface area contributed by atoms with Gasteiger partial charge >= 0.3 is 0 Å². The summed E-state index contributed by atoms with van der Waals surface area (Å²) in [6, 6.07) is 0. The maximum absolute atomic E-state index is 6.38. The first-order valence-corrected chi connectivity index (χ1v) is 5.93. The Morgan fingerprint density at radius 2 is 2.21 bits per heavy atom. The van der Waals surface area contributed by atoms with E-state index in [0.717, 1.165) is 10.7 Å². The van der Waals surface area contributed by atoms with Crippen LogP contribution in [0.15, 0.2) is 5.38 Å². The zero-order valence-electron chi connectivity index (χ0n) is 9.29. The van der Waals surface area contributed by atoms with Crippen LogP contribution in [0.1, 0.15) is 37.9 Å². The molecule has 1 aliphatic rings. The summed E-state index contributed by atoms with van der Waals surface area (Å²) in [7, 11) is 0. The number of hydrogen-bond donors (Lipinski definition) is 1. The Bertz CT molecular complexity index is 352. The molecule has 0 aromatic carbocycles. The van der Waals surface area contributed by atoms with E-state index in [1.54, 1.807) is 11.3 Å². The van der Waals surface area contributed by atoms with Crippen LogP contribution in [-0.2, 0) is 5.54 Å². The maximum Gasteiger partial charge on any atom is 0.113 e. The lowest BCUT2D eigenvalue weighted by Crippen LogP contribution is -2.37. The van der Waals surface area contributed by atoms with Gasteiger partial charge in [-0.2, -0.15) is 0 Å². The van der Waals surface area contributed by atoms with Crippen LogP contribution in [0, 0.1) is 18.3 Å². The molecule has 0 bridgehead atoms. The molecule has 1 heterocycles. The third-order valence-electron chi connectivity index (χ3n) is 3.32. The first kappa shape index (κ1) is 10.1. The lowest BCUT2D eigenvalue weighted by molar-refractivity contribution is 0.361. The molecule has 0 amide bonds. The van der Waals surface area contributed by atoms with Crippen molar-refractivity contribution in [3.8, 4) is 0 Å². The second kappa shape index (κ2) is 2.80. The molecule has 1 saturated carbocycles. The SMILES string of the molecule is Cc1csc(C(C)(N)C2CC2(C)C)n1. The summed E-state index contributed by atoms with van der Waals surface area (Å²) in [5.41, 5.74) is 7.64. The van der Waals surface area contributed by atoms with E-state index in [1.807, 2.05) is 6.92 Å². The number of aryl methyl sites for hydroxylation is 1. The van der Waals surface area contributed by atoms with Crippen molar-refractivity contribution in [3.05, 3.63) is 16.1 Å². The van der Waals surface area contributed by atoms with Gasteiger partial charge in [0.15, 0.2) is 0 Å². The van der Waals surface area contributed by atoms with Crippen molar-refractivity contribution in [1.82, 2.24) is 4.98 Å². The second-order valence-corrected chi connectivity index (χ2v) is 6.18. The Hall–Kier alpha value is -0.410. The van der Waals surface area contributed by atoms with Gasteiger partial charge in [0, 0.05) is 11.1 Å². The maximum atomic E-state index is 6.38. The van der Waals surface area contributed by atoms with Crippen molar-refractivity contribution in [3.63, 3.8) is 0 Å². The van der Waals surface area contributed by atoms with Crippen LogP contribution in [0.25, 0.3) is 0 Å². The summed E-state index contributed by atoms with van der Waals surface area (Å²) in [5, 5.41) is 3.17. The van der Waals surface area contributed by atoms with Crippen LogP contribution in [0.5, 0.6) is 0 Å². The Kier molecular flexibility index (Phi) is 2.02. The molecule has 14 heavy (non-hydrogen) atoms. The molecule has 0 aliphatic heterocycles. The van der Waals surface area contributed by atoms with Crippen molar-refractivity contribution in [1.29, 1.82) is 0 Å². The molecule has 0 spiro atoms. The van der Waals surface area contributed by atoms with Crippen molar-refractivity contribution in [2.45, 2.75) is 39.7 Å². The van der Waals surface area contributed by atoms with Crippen molar-refractivity contribution in [2.24, 2.45) is 17.1 Å². The second-order valence-electron chi connectivity index (χ2n) is 5.32. The summed E-state index contributed by atoms with van der Waals surface area (Å²) in [5.74, 6) is 0.584. The first-order chi connectivity index (χ1) is 6.34. The fourth-order valence-electron chi connectivity index (χ4n) is 2.24. The third-order valence-corrected chi connectivity index (χ3v) is 4.53. The fraction of sp³-hybridized carbons (Fsp3) is 0.727. The smallest absolute Gasteiger partial charge is 0.113 e. The predicted molar refractivity (Wildman–Crippen MR) is 60.3 cm³/mol. The quantitative estimate of drug-likeness (QED) is 0.815. The van der Waals surface area contributed by atoms with Crippen LogP contribution < -0.4 is 5.73 Å². The van der Waals surface area contributed by atoms with Gasteiger partial charge in [0.25, 0.3) is 0 Å². The van der Waals surface area contributed by atoms with Gasteiger partial charge in [-0.05, 0) is 31.6 Å². The minimum absolute atomic E-state index is 0.234. The van der Waals surface area contributed by atoms with Gasteiger partial charge in [0.1, 0.15) is 5.01 Å². The highest BCUT2D eigenvalue weighted by molar-refractivity contribution is 7.09. The monoisotopic (exact) mass is 210 g/mol. The number of nitrogens with zero attached hydrogens (tertiary/aromatic N) is 1. The molecule has 0 radical (unpaired) electrons. The minimum Gasteiger partial charge on any atom is -0.319 e. The predicted octanol–water partition coefficient (Wildman–Crippen LogP) is 2.67. The van der Waals surface area contributed by atoms with E-state index < -0.39 is 0 Å². The van der Waals surface area contributed by atoms with Crippen LogP contribution in [-0.4, -0.2) is 4.98 Å². The summed E-state index contributed by atoms with van der Waals surface area (Å²) < 4.78 is 0. The Balaban J connectivity index is 2.25. The Morgan fingerprint density at radius 1 is 1.64 bits per heavy atom. The molecule has 1 aromatic rings. The molecule has 2 nitrogen and oxygen atoms in total. The van der Waals surface area contributed by atoms with E-state index in [4.69, 9.17) is 5.73 Å².